The minimum Gasteiger partial charge on any atom is -0.0879 e. The van der Waals surface area contributed by atoms with E-state index in [2.05, 4.69) is 64.2 Å². The van der Waals surface area contributed by atoms with E-state index in [-0.39, 0.29) is 0 Å². The molecule has 0 saturated heterocycles. The minimum atomic E-state index is 0.759. The van der Waals surface area contributed by atoms with Gasteiger partial charge in [0, 0.05) is 0 Å². The van der Waals surface area contributed by atoms with Crippen LogP contribution in [0.25, 0.3) is 0 Å². The molecule has 0 aromatic rings. The van der Waals surface area contributed by atoms with Gasteiger partial charge in [-0.15, -0.1) is 0 Å². The molecular weight excluding hydrogens is 264 g/mol. The van der Waals surface area contributed by atoms with Crippen LogP contribution in [0.4, 0.5) is 0 Å². The molecule has 6 unspecified atom stereocenters. The summed E-state index contributed by atoms with van der Waals surface area (Å²) in [4.78, 5) is 0. The summed E-state index contributed by atoms with van der Waals surface area (Å²) in [6.07, 6.45) is 22.8. The van der Waals surface area contributed by atoms with Gasteiger partial charge >= 0.3 is 0 Å². The molecule has 2 aliphatic carbocycles. The fourth-order valence-corrected chi connectivity index (χ4v) is 4.68. The van der Waals surface area contributed by atoms with E-state index in [1.807, 2.05) is 0 Å². The normalized spacial score (nSPS) is 38.7. The van der Waals surface area contributed by atoms with Crippen LogP contribution in [0.2, 0.25) is 0 Å². The summed E-state index contributed by atoms with van der Waals surface area (Å²) in [6.45, 7) is 9.43. The molecule has 2 rings (SSSR count). The molecule has 0 saturated carbocycles. The first kappa shape index (κ1) is 17.6. The summed E-state index contributed by atoms with van der Waals surface area (Å²) in [5, 5.41) is 0. The molecule has 0 heterocycles. The SMILES string of the molecule is CCC1C=CCC(CC)C1/C=C/C1C(CC)C=CCC1CC. The highest BCUT2D eigenvalue weighted by molar-refractivity contribution is 5.11. The predicted molar refractivity (Wildman–Crippen MR) is 98.8 cm³/mol. The third-order valence-electron chi connectivity index (χ3n) is 6.27. The Bertz CT molecular complexity index is 362. The first-order chi connectivity index (χ1) is 10.7. The van der Waals surface area contributed by atoms with Crippen molar-refractivity contribution < 1.29 is 0 Å². The monoisotopic (exact) mass is 300 g/mol. The van der Waals surface area contributed by atoms with Crippen LogP contribution < -0.4 is 0 Å². The lowest BCUT2D eigenvalue weighted by atomic mass is 9.70. The Morgan fingerprint density at radius 1 is 0.682 bits per heavy atom. The van der Waals surface area contributed by atoms with Crippen LogP contribution in [-0.2, 0) is 0 Å². The Labute approximate surface area is 138 Å². The molecule has 6 atom stereocenters. The van der Waals surface area contributed by atoms with Gasteiger partial charge in [-0.2, -0.15) is 0 Å². The second-order valence-electron chi connectivity index (χ2n) is 7.35. The molecule has 0 aliphatic heterocycles. The molecule has 22 heavy (non-hydrogen) atoms. The fourth-order valence-electron chi connectivity index (χ4n) is 4.68. The van der Waals surface area contributed by atoms with Crippen molar-refractivity contribution in [3.05, 3.63) is 36.5 Å². The van der Waals surface area contributed by atoms with Crippen LogP contribution in [0.5, 0.6) is 0 Å². The lowest BCUT2D eigenvalue weighted by Gasteiger charge is -2.35. The van der Waals surface area contributed by atoms with Gasteiger partial charge < -0.3 is 0 Å². The molecule has 0 N–H and O–H groups in total. The van der Waals surface area contributed by atoms with Crippen molar-refractivity contribution in [2.75, 3.05) is 0 Å². The third-order valence-corrected chi connectivity index (χ3v) is 6.27. The quantitative estimate of drug-likeness (QED) is 0.473. The van der Waals surface area contributed by atoms with Crippen molar-refractivity contribution in [1.29, 1.82) is 0 Å². The molecule has 0 heteroatoms. The smallest absolute Gasteiger partial charge is 0.0139 e. The van der Waals surface area contributed by atoms with Gasteiger partial charge in [0.15, 0.2) is 0 Å². The largest absolute Gasteiger partial charge is 0.0879 e. The van der Waals surface area contributed by atoms with Crippen molar-refractivity contribution in [1.82, 2.24) is 0 Å². The van der Waals surface area contributed by atoms with E-state index >= 15 is 0 Å². The van der Waals surface area contributed by atoms with E-state index in [4.69, 9.17) is 0 Å². The first-order valence-corrected chi connectivity index (χ1v) is 9.76. The Balaban J connectivity index is 2.16. The van der Waals surface area contributed by atoms with Crippen LogP contribution in [0.3, 0.4) is 0 Å². The molecule has 124 valence electrons. The highest BCUT2D eigenvalue weighted by Crippen LogP contribution is 2.39. The molecule has 0 fully saturated rings. The van der Waals surface area contributed by atoms with Crippen LogP contribution >= 0.6 is 0 Å². The van der Waals surface area contributed by atoms with E-state index < -0.39 is 0 Å². The Kier molecular flexibility index (Phi) is 6.99. The molecule has 2 aliphatic rings. The van der Waals surface area contributed by atoms with Crippen LogP contribution in [0.15, 0.2) is 36.5 Å². The lowest BCUT2D eigenvalue weighted by Crippen LogP contribution is -2.26. The number of hydrogen-bond donors (Lipinski definition) is 0. The summed E-state index contributed by atoms with van der Waals surface area (Å²) < 4.78 is 0. The first-order valence-electron chi connectivity index (χ1n) is 9.76. The third kappa shape index (κ3) is 3.94. The van der Waals surface area contributed by atoms with E-state index in [0.29, 0.717) is 0 Å². The average molecular weight is 301 g/mol. The van der Waals surface area contributed by atoms with Gasteiger partial charge in [-0.3, -0.25) is 0 Å². The van der Waals surface area contributed by atoms with Crippen molar-refractivity contribution in [2.24, 2.45) is 35.5 Å². The van der Waals surface area contributed by atoms with Crippen LogP contribution in [0.1, 0.15) is 66.2 Å². The maximum Gasteiger partial charge on any atom is -0.0139 e. The zero-order valence-corrected chi connectivity index (χ0v) is 15.2. The zero-order valence-electron chi connectivity index (χ0n) is 15.2. The van der Waals surface area contributed by atoms with E-state index in [1.54, 1.807) is 0 Å². The van der Waals surface area contributed by atoms with Crippen molar-refractivity contribution in [2.45, 2.75) is 66.2 Å². The standard InChI is InChI=1S/C22H36/c1-5-17-11-9-12-18(6-2)21(17)15-16-22-19(7-3)13-10-14-20(22)8-4/h9-11,13,15-22H,5-8,12,14H2,1-4H3/b16-15+. The number of rotatable bonds is 6. The molecule has 0 bridgehead atoms. The van der Waals surface area contributed by atoms with Crippen LogP contribution in [0, 0.1) is 35.5 Å². The second kappa shape index (κ2) is 8.75. The van der Waals surface area contributed by atoms with Crippen molar-refractivity contribution >= 4 is 0 Å². The highest BCUT2D eigenvalue weighted by atomic mass is 14.3. The highest BCUT2D eigenvalue weighted by Gasteiger charge is 2.29. The van der Waals surface area contributed by atoms with Crippen molar-refractivity contribution in [3.63, 3.8) is 0 Å². The summed E-state index contributed by atoms with van der Waals surface area (Å²) in [5.41, 5.74) is 0. The van der Waals surface area contributed by atoms with Gasteiger partial charge in [0.05, 0.1) is 0 Å². The minimum absolute atomic E-state index is 0.759. The molecule has 0 amide bonds. The fraction of sp³-hybridized carbons (Fsp3) is 0.727. The van der Waals surface area contributed by atoms with Gasteiger partial charge in [0.1, 0.15) is 0 Å². The lowest BCUT2D eigenvalue weighted by molar-refractivity contribution is 0.272. The van der Waals surface area contributed by atoms with Gasteiger partial charge in [0.25, 0.3) is 0 Å². The maximum absolute atomic E-state index is 2.63. The Morgan fingerprint density at radius 3 is 1.41 bits per heavy atom. The van der Waals surface area contributed by atoms with Gasteiger partial charge in [-0.1, -0.05) is 77.0 Å². The number of allylic oxidation sites excluding steroid dienone is 6. The molecule has 0 spiro atoms. The summed E-state index contributed by atoms with van der Waals surface area (Å²) in [6, 6.07) is 0. The molecule has 0 aromatic heterocycles. The summed E-state index contributed by atoms with van der Waals surface area (Å²) in [7, 11) is 0. The number of hydrogen-bond acceptors (Lipinski definition) is 0. The van der Waals surface area contributed by atoms with E-state index in [1.165, 1.54) is 38.5 Å². The van der Waals surface area contributed by atoms with Gasteiger partial charge in [0.2, 0.25) is 0 Å². The molecule has 0 aromatic carbocycles. The topological polar surface area (TPSA) is 0 Å². The average Bonchev–Trinajstić information content (AvgIpc) is 2.58. The Morgan fingerprint density at radius 2 is 1.09 bits per heavy atom. The van der Waals surface area contributed by atoms with Crippen LogP contribution in [-0.4, -0.2) is 0 Å². The summed E-state index contributed by atoms with van der Waals surface area (Å²) >= 11 is 0. The predicted octanol–water partition coefficient (Wildman–Crippen LogP) is 6.80. The van der Waals surface area contributed by atoms with E-state index in [0.717, 1.165) is 35.5 Å². The zero-order chi connectivity index (χ0) is 15.9. The maximum atomic E-state index is 2.63. The molecule has 0 radical (unpaired) electrons. The summed E-state index contributed by atoms with van der Waals surface area (Å²) in [5.74, 6) is 4.75. The molecule has 0 nitrogen and oxygen atoms in total. The van der Waals surface area contributed by atoms with Crippen molar-refractivity contribution in [3.8, 4) is 0 Å². The van der Waals surface area contributed by atoms with E-state index in [9.17, 15) is 0 Å². The van der Waals surface area contributed by atoms with Gasteiger partial charge in [-0.05, 0) is 61.2 Å². The molecular formula is C22H36. The Hall–Kier alpha value is -0.780. The second-order valence-corrected chi connectivity index (χ2v) is 7.35. The van der Waals surface area contributed by atoms with Gasteiger partial charge in [-0.25, -0.2) is 0 Å².